The third-order valence-electron chi connectivity index (χ3n) is 0.841. The van der Waals surface area contributed by atoms with E-state index in [-0.39, 0.29) is 6.42 Å². The topological polar surface area (TPSA) is 40.9 Å². The highest BCUT2D eigenvalue weighted by Crippen LogP contribution is 1.79. The van der Waals surface area contributed by atoms with E-state index in [1.165, 1.54) is 0 Å². The molecule has 0 saturated heterocycles. The number of nitriles is 1. The van der Waals surface area contributed by atoms with Crippen LogP contribution in [0.3, 0.4) is 0 Å². The van der Waals surface area contributed by atoms with Gasteiger partial charge in [0.2, 0.25) is 0 Å². The minimum absolute atomic E-state index is 0.0139. The van der Waals surface area contributed by atoms with Crippen LogP contribution in [0.1, 0.15) is 6.42 Å². The van der Waals surface area contributed by atoms with Gasteiger partial charge in [0.1, 0.15) is 6.29 Å². The van der Waals surface area contributed by atoms with E-state index in [1.807, 2.05) is 36.4 Å². The summed E-state index contributed by atoms with van der Waals surface area (Å²) in [7, 11) is 0. The van der Waals surface area contributed by atoms with Crippen molar-refractivity contribution in [3.63, 3.8) is 0 Å². The highest BCUT2D eigenvalue weighted by molar-refractivity contribution is 5.52. The molecule has 0 aliphatic rings. The number of carbonyl (C=O) groups is 1. The minimum atomic E-state index is 0.0139. The molecule has 0 aromatic heterocycles. The fourth-order valence-electron chi connectivity index (χ4n) is 0.422. The van der Waals surface area contributed by atoms with Gasteiger partial charge < -0.3 is 4.79 Å². The maximum absolute atomic E-state index is 9.18. The van der Waals surface area contributed by atoms with Crippen LogP contribution < -0.4 is 0 Å². The van der Waals surface area contributed by atoms with Gasteiger partial charge in [0.05, 0.1) is 12.5 Å². The quantitative estimate of drug-likeness (QED) is 0.568. The molecule has 0 N–H and O–H groups in total. The maximum atomic E-state index is 9.18. The number of hydrogen-bond donors (Lipinski definition) is 0. The molecule has 0 heterocycles. The Morgan fingerprint density at radius 1 is 1.09 bits per heavy atom. The molecule has 56 valence electrons. The van der Waals surface area contributed by atoms with Gasteiger partial charge in [0, 0.05) is 0 Å². The Balaban J connectivity index is 0.000000187. The molecule has 1 rings (SSSR count). The largest absolute Gasteiger partial charge is 0.302 e. The molecule has 11 heavy (non-hydrogen) atoms. The van der Waals surface area contributed by atoms with Gasteiger partial charge in [0.15, 0.2) is 0 Å². The lowest BCUT2D eigenvalue weighted by Gasteiger charge is -1.69. The second-order valence-corrected chi connectivity index (χ2v) is 1.68. The van der Waals surface area contributed by atoms with E-state index in [1.54, 1.807) is 6.07 Å². The number of benzene rings is 1. The summed E-state index contributed by atoms with van der Waals surface area (Å²) >= 11 is 0. The number of hydrogen-bond acceptors (Lipinski definition) is 2. The molecule has 1 aromatic rings. The van der Waals surface area contributed by atoms with E-state index in [2.05, 4.69) is 0 Å². The molecule has 0 aliphatic heterocycles. The predicted octanol–water partition coefficient (Wildman–Crippen LogP) is 1.79. The van der Waals surface area contributed by atoms with Gasteiger partial charge in [-0.25, -0.2) is 0 Å². The first-order valence-electron chi connectivity index (χ1n) is 3.22. The van der Waals surface area contributed by atoms with Gasteiger partial charge in [-0.3, -0.25) is 0 Å². The van der Waals surface area contributed by atoms with Crippen LogP contribution in [0.2, 0.25) is 0 Å². The van der Waals surface area contributed by atoms with Gasteiger partial charge in [-0.05, 0) is 0 Å². The van der Waals surface area contributed by atoms with Crippen molar-refractivity contribution in [3.8, 4) is 6.07 Å². The van der Waals surface area contributed by atoms with Crippen molar-refractivity contribution in [2.24, 2.45) is 0 Å². The Morgan fingerprint density at radius 3 is 1.55 bits per heavy atom. The monoisotopic (exact) mass is 147 g/mol. The third-order valence-corrected chi connectivity index (χ3v) is 0.841. The van der Waals surface area contributed by atoms with Crippen molar-refractivity contribution in [1.82, 2.24) is 0 Å². The van der Waals surface area contributed by atoms with Gasteiger partial charge in [-0.15, -0.1) is 0 Å². The molecule has 1 aromatic carbocycles. The Morgan fingerprint density at radius 2 is 1.45 bits per heavy atom. The first-order valence-corrected chi connectivity index (χ1v) is 3.22. The molecule has 0 saturated carbocycles. The second-order valence-electron chi connectivity index (χ2n) is 1.68. The Bertz CT molecular complexity index is 186. The fourth-order valence-corrected chi connectivity index (χ4v) is 0.422. The summed E-state index contributed by atoms with van der Waals surface area (Å²) in [4.78, 5) is 9.18. The molecule has 2 heteroatoms. The lowest BCUT2D eigenvalue weighted by Crippen LogP contribution is -1.60. The van der Waals surface area contributed by atoms with Crippen molar-refractivity contribution in [2.75, 3.05) is 0 Å². The van der Waals surface area contributed by atoms with Crippen molar-refractivity contribution >= 4 is 6.29 Å². The zero-order valence-corrected chi connectivity index (χ0v) is 6.10. The van der Waals surface area contributed by atoms with Crippen LogP contribution in [0.15, 0.2) is 36.4 Å². The lowest BCUT2D eigenvalue weighted by molar-refractivity contribution is -0.107. The molecule has 0 amide bonds. The van der Waals surface area contributed by atoms with Crippen LogP contribution in [0.25, 0.3) is 0 Å². The van der Waals surface area contributed by atoms with Crippen LogP contribution in [-0.4, -0.2) is 6.29 Å². The molecule has 0 bridgehead atoms. The van der Waals surface area contributed by atoms with Crippen molar-refractivity contribution in [2.45, 2.75) is 6.42 Å². The summed E-state index contributed by atoms with van der Waals surface area (Å²) in [6, 6.07) is 13.6. The third kappa shape index (κ3) is 8.38. The van der Waals surface area contributed by atoms with Crippen LogP contribution in [-0.2, 0) is 4.79 Å². The summed E-state index contributed by atoms with van der Waals surface area (Å²) in [5.41, 5.74) is 0. The Labute approximate surface area is 66.1 Å². The standard InChI is InChI=1S/C6H6.C3H3NO/c1-2-4-6-5-3-1;4-2-1-3-5/h1-6H;3H,1H2. The first kappa shape index (κ1) is 9.38. The molecule has 0 aliphatic carbocycles. The molecule has 0 fully saturated rings. The van der Waals surface area contributed by atoms with Crippen molar-refractivity contribution in [3.05, 3.63) is 36.4 Å². The van der Waals surface area contributed by atoms with Crippen LogP contribution in [0.5, 0.6) is 0 Å². The lowest BCUT2D eigenvalue weighted by atomic mass is 10.4. The number of carbonyl (C=O) groups excluding carboxylic acids is 1. The van der Waals surface area contributed by atoms with Crippen LogP contribution in [0, 0.1) is 11.3 Å². The first-order chi connectivity index (χ1) is 5.41. The van der Waals surface area contributed by atoms with Gasteiger partial charge in [-0.1, -0.05) is 36.4 Å². The van der Waals surface area contributed by atoms with E-state index in [4.69, 9.17) is 5.26 Å². The minimum Gasteiger partial charge on any atom is -0.302 e. The summed E-state index contributed by atoms with van der Waals surface area (Å²) in [6.45, 7) is 0. The summed E-state index contributed by atoms with van der Waals surface area (Å²) in [5, 5.41) is 7.58. The zero-order valence-electron chi connectivity index (χ0n) is 6.10. The average molecular weight is 147 g/mol. The molecule has 0 atom stereocenters. The Hall–Kier alpha value is -1.62. The number of rotatable bonds is 1. The summed E-state index contributed by atoms with van der Waals surface area (Å²) in [6.07, 6.45) is 0.583. The maximum Gasteiger partial charge on any atom is 0.134 e. The summed E-state index contributed by atoms with van der Waals surface area (Å²) in [5.74, 6) is 0. The summed E-state index contributed by atoms with van der Waals surface area (Å²) < 4.78 is 0. The molecule has 2 nitrogen and oxygen atoms in total. The van der Waals surface area contributed by atoms with Crippen molar-refractivity contribution in [1.29, 1.82) is 5.26 Å². The Kier molecular flexibility index (Phi) is 7.15. The normalized spacial score (nSPS) is 6.82. The van der Waals surface area contributed by atoms with E-state index in [0.29, 0.717) is 6.29 Å². The molecular formula is C9H9NO. The van der Waals surface area contributed by atoms with Gasteiger partial charge in [-0.2, -0.15) is 5.26 Å². The van der Waals surface area contributed by atoms with Crippen molar-refractivity contribution < 1.29 is 4.79 Å². The SMILES string of the molecule is N#CCC=O.c1ccccc1. The van der Waals surface area contributed by atoms with E-state index >= 15 is 0 Å². The predicted molar refractivity (Wildman–Crippen MR) is 42.7 cm³/mol. The number of aldehydes is 1. The molecule has 0 radical (unpaired) electrons. The van der Waals surface area contributed by atoms with E-state index in [9.17, 15) is 4.79 Å². The van der Waals surface area contributed by atoms with Gasteiger partial charge in [0.25, 0.3) is 0 Å². The van der Waals surface area contributed by atoms with E-state index in [0.717, 1.165) is 0 Å². The fraction of sp³-hybridized carbons (Fsp3) is 0.111. The second kappa shape index (κ2) is 8.38. The highest BCUT2D eigenvalue weighted by Gasteiger charge is 1.63. The van der Waals surface area contributed by atoms with E-state index < -0.39 is 0 Å². The van der Waals surface area contributed by atoms with Crippen LogP contribution in [0.4, 0.5) is 0 Å². The van der Waals surface area contributed by atoms with Crippen LogP contribution >= 0.6 is 0 Å². The molecule has 0 spiro atoms. The average Bonchev–Trinajstić information content (AvgIpc) is 2.10. The molecular weight excluding hydrogens is 138 g/mol. The highest BCUT2D eigenvalue weighted by atomic mass is 16.1. The molecule has 0 unspecified atom stereocenters. The smallest absolute Gasteiger partial charge is 0.134 e. The van der Waals surface area contributed by atoms with Gasteiger partial charge >= 0.3 is 0 Å². The zero-order chi connectivity index (χ0) is 8.36. The number of nitrogens with zero attached hydrogens (tertiary/aromatic N) is 1.